The van der Waals surface area contributed by atoms with Gasteiger partial charge in [0.05, 0.1) is 15.7 Å². The van der Waals surface area contributed by atoms with Crippen molar-refractivity contribution in [2.45, 2.75) is 58.1 Å². The molecule has 1 atom stereocenters. The Labute approximate surface area is 270 Å². The number of carbonyl (C=O) groups is 1. The Morgan fingerprint density at radius 3 is 2.69 bits per heavy atom. The van der Waals surface area contributed by atoms with Crippen LogP contribution in [-0.2, 0) is 13.0 Å². The molecule has 2 aromatic heterocycles. The van der Waals surface area contributed by atoms with Crippen LogP contribution in [-0.4, -0.2) is 70.2 Å². The number of aliphatic hydroxyl groups excluding tert-OH is 1. The number of amides is 1. The summed E-state index contributed by atoms with van der Waals surface area (Å²) in [5.74, 6) is -0.0472. The number of thiophene rings is 1. The van der Waals surface area contributed by atoms with Crippen molar-refractivity contribution in [3.8, 4) is 5.75 Å². The van der Waals surface area contributed by atoms with Crippen LogP contribution in [0.4, 0.5) is 4.39 Å². The lowest BCUT2D eigenvalue weighted by molar-refractivity contribution is 0.0483. The van der Waals surface area contributed by atoms with Crippen molar-refractivity contribution < 1.29 is 19.4 Å². The van der Waals surface area contributed by atoms with Gasteiger partial charge >= 0.3 is 4.87 Å². The van der Waals surface area contributed by atoms with Crippen molar-refractivity contribution in [3.63, 3.8) is 0 Å². The molecule has 1 amide bonds. The molecule has 2 saturated heterocycles. The van der Waals surface area contributed by atoms with Crippen molar-refractivity contribution in [1.82, 2.24) is 20.1 Å². The van der Waals surface area contributed by atoms with E-state index in [1.807, 2.05) is 31.2 Å². The maximum Gasteiger partial charge on any atom is 0.305 e. The van der Waals surface area contributed by atoms with E-state index < -0.39 is 6.10 Å². The standard InChI is InChI=1S/C34H41FN4O4S2/c1-22-4-9-29(44-22)32(42)39-15-3-2-11-34(21-39)12-16-38(17-13-34)20-24-18-23(5-7-26(24)35)10-14-36-19-28(41)25-6-8-27(40)30-31(25)45-33(43)37-30/h4-9,18,28,36,40-41H,2-3,10-17,19-21H2,1H3,(H,37,43)/t28-/m0/s1. The van der Waals surface area contributed by atoms with E-state index in [4.69, 9.17) is 0 Å². The molecule has 4 N–H and O–H groups in total. The third kappa shape index (κ3) is 7.33. The highest BCUT2D eigenvalue weighted by molar-refractivity contribution is 7.16. The van der Waals surface area contributed by atoms with Crippen LogP contribution in [0.1, 0.15) is 69.4 Å². The zero-order valence-corrected chi connectivity index (χ0v) is 27.2. The molecule has 6 rings (SSSR count). The number of aromatic nitrogens is 1. The number of aromatic hydroxyl groups is 1. The second-order valence-electron chi connectivity index (χ2n) is 12.7. The fraction of sp³-hybridized carbons (Fsp3) is 0.471. The molecular formula is C34H41FN4O4S2. The van der Waals surface area contributed by atoms with Crippen molar-refractivity contribution in [1.29, 1.82) is 0 Å². The Hall–Kier alpha value is -3.09. The van der Waals surface area contributed by atoms with Crippen LogP contribution in [0.2, 0.25) is 0 Å². The molecular weight excluding hydrogens is 612 g/mol. The van der Waals surface area contributed by atoms with E-state index in [2.05, 4.69) is 20.1 Å². The smallest absolute Gasteiger partial charge is 0.305 e. The second-order valence-corrected chi connectivity index (χ2v) is 14.9. The van der Waals surface area contributed by atoms with Gasteiger partial charge in [0, 0.05) is 42.2 Å². The van der Waals surface area contributed by atoms with Gasteiger partial charge in [-0.05, 0) is 93.9 Å². The van der Waals surface area contributed by atoms with Gasteiger partial charge in [0.2, 0.25) is 0 Å². The van der Waals surface area contributed by atoms with Crippen LogP contribution >= 0.6 is 22.7 Å². The molecule has 240 valence electrons. The first-order chi connectivity index (χ1) is 21.7. The number of hydrogen-bond acceptors (Lipinski definition) is 8. The molecule has 45 heavy (non-hydrogen) atoms. The maximum absolute atomic E-state index is 14.9. The topological polar surface area (TPSA) is 109 Å². The summed E-state index contributed by atoms with van der Waals surface area (Å²) in [5.41, 5.74) is 2.80. The number of halogens is 1. The van der Waals surface area contributed by atoms with Gasteiger partial charge in [-0.2, -0.15) is 0 Å². The summed E-state index contributed by atoms with van der Waals surface area (Å²) in [6.07, 6.45) is 5.19. The number of phenols is 1. The summed E-state index contributed by atoms with van der Waals surface area (Å²) in [4.78, 5) is 33.8. The van der Waals surface area contributed by atoms with Crippen molar-refractivity contribution in [2.75, 3.05) is 39.3 Å². The third-order valence-electron chi connectivity index (χ3n) is 9.45. The molecule has 8 nitrogen and oxygen atoms in total. The van der Waals surface area contributed by atoms with Gasteiger partial charge in [-0.1, -0.05) is 36.0 Å². The lowest BCUT2D eigenvalue weighted by atomic mass is 9.74. The largest absolute Gasteiger partial charge is 0.506 e. The monoisotopic (exact) mass is 652 g/mol. The number of nitrogens with zero attached hydrogens (tertiary/aromatic N) is 2. The van der Waals surface area contributed by atoms with E-state index >= 15 is 0 Å². The highest BCUT2D eigenvalue weighted by Gasteiger charge is 2.38. The number of piperidine rings is 1. The Balaban J connectivity index is 1.00. The molecule has 0 bridgehead atoms. The molecule has 2 fully saturated rings. The lowest BCUT2D eigenvalue weighted by Crippen LogP contribution is -2.46. The van der Waals surface area contributed by atoms with Crippen LogP contribution in [0.3, 0.4) is 0 Å². The van der Waals surface area contributed by atoms with Gasteiger partial charge in [-0.3, -0.25) is 14.5 Å². The van der Waals surface area contributed by atoms with Crippen molar-refractivity contribution in [2.24, 2.45) is 5.41 Å². The highest BCUT2D eigenvalue weighted by atomic mass is 32.1. The van der Waals surface area contributed by atoms with E-state index in [1.54, 1.807) is 23.5 Å². The second kappa shape index (κ2) is 13.7. The molecule has 11 heteroatoms. The van der Waals surface area contributed by atoms with Crippen LogP contribution in [0, 0.1) is 18.2 Å². The Morgan fingerprint density at radius 2 is 1.91 bits per heavy atom. The molecule has 0 radical (unpaired) electrons. The number of hydrogen-bond donors (Lipinski definition) is 4. The third-order valence-corrected chi connectivity index (χ3v) is 11.4. The van der Waals surface area contributed by atoms with E-state index in [9.17, 15) is 24.2 Å². The number of aliphatic hydroxyl groups is 1. The number of aryl methyl sites for hydroxylation is 1. The summed E-state index contributed by atoms with van der Waals surface area (Å²) >= 11 is 2.54. The number of phenolic OH excluding ortho intramolecular Hbond substituents is 1. The molecule has 2 aliphatic rings. The Kier molecular flexibility index (Phi) is 9.72. The van der Waals surface area contributed by atoms with Gasteiger partial charge in [-0.25, -0.2) is 4.39 Å². The zero-order valence-electron chi connectivity index (χ0n) is 25.6. The van der Waals surface area contributed by atoms with E-state index in [0.717, 1.165) is 84.9 Å². The number of carbonyl (C=O) groups excluding carboxylic acids is 1. The first kappa shape index (κ1) is 31.9. The summed E-state index contributed by atoms with van der Waals surface area (Å²) < 4.78 is 15.5. The van der Waals surface area contributed by atoms with Crippen LogP contribution in [0.15, 0.2) is 47.3 Å². The minimum atomic E-state index is -0.843. The average molecular weight is 653 g/mol. The molecule has 0 unspecified atom stereocenters. The molecule has 1 spiro atoms. The number of rotatable bonds is 9. The Morgan fingerprint density at radius 1 is 1.09 bits per heavy atom. The molecule has 0 aliphatic carbocycles. The summed E-state index contributed by atoms with van der Waals surface area (Å²) in [6.45, 7) is 6.90. The summed E-state index contributed by atoms with van der Waals surface area (Å²) in [7, 11) is 0. The SMILES string of the molecule is Cc1ccc(C(=O)N2CCCCC3(CCN(Cc4cc(CCNC[C@H](O)c5ccc(O)c6[nH]c(=O)sc56)ccc4F)CC3)C2)s1. The first-order valence-corrected chi connectivity index (χ1v) is 17.4. The summed E-state index contributed by atoms with van der Waals surface area (Å²) in [6, 6.07) is 12.4. The molecule has 2 aromatic carbocycles. The predicted octanol–water partition coefficient (Wildman–Crippen LogP) is 5.58. The fourth-order valence-corrected chi connectivity index (χ4v) is 8.62. The zero-order chi connectivity index (χ0) is 31.6. The minimum absolute atomic E-state index is 0.0177. The van der Waals surface area contributed by atoms with Gasteiger partial charge in [0.25, 0.3) is 5.91 Å². The predicted molar refractivity (Wildman–Crippen MR) is 178 cm³/mol. The number of nitrogens with one attached hydrogen (secondary N) is 2. The first-order valence-electron chi connectivity index (χ1n) is 15.8. The fourth-order valence-electron chi connectivity index (χ4n) is 6.87. The van der Waals surface area contributed by atoms with Crippen molar-refractivity contribution in [3.05, 3.63) is 84.4 Å². The molecule has 0 saturated carbocycles. The van der Waals surface area contributed by atoms with E-state index in [-0.39, 0.29) is 34.3 Å². The van der Waals surface area contributed by atoms with Crippen molar-refractivity contribution >= 4 is 38.8 Å². The van der Waals surface area contributed by atoms with E-state index in [0.29, 0.717) is 40.9 Å². The minimum Gasteiger partial charge on any atom is -0.506 e. The highest BCUT2D eigenvalue weighted by Crippen LogP contribution is 2.40. The van der Waals surface area contributed by atoms with E-state index in [1.165, 1.54) is 6.07 Å². The van der Waals surface area contributed by atoms with Crippen LogP contribution in [0.5, 0.6) is 5.75 Å². The lowest BCUT2D eigenvalue weighted by Gasteiger charge is -2.43. The van der Waals surface area contributed by atoms with Crippen LogP contribution in [0.25, 0.3) is 10.2 Å². The van der Waals surface area contributed by atoms with Gasteiger partial charge in [0.1, 0.15) is 17.1 Å². The number of H-pyrrole nitrogens is 1. The number of fused-ring (bicyclic) bond motifs is 1. The Bertz CT molecular complexity index is 1710. The van der Waals surface area contributed by atoms with Gasteiger partial charge in [-0.15, -0.1) is 11.3 Å². The quantitative estimate of drug-likeness (QED) is 0.176. The summed E-state index contributed by atoms with van der Waals surface area (Å²) in [5, 5.41) is 24.0. The van der Waals surface area contributed by atoms with Gasteiger partial charge < -0.3 is 25.4 Å². The normalized spacial score (nSPS) is 18.0. The molecule has 4 heterocycles. The number of benzene rings is 2. The number of aromatic amines is 1. The average Bonchev–Trinajstić information content (AvgIpc) is 3.58. The maximum atomic E-state index is 14.9. The number of thiazole rings is 1. The molecule has 2 aliphatic heterocycles. The van der Waals surface area contributed by atoms with Gasteiger partial charge in [0.15, 0.2) is 0 Å². The van der Waals surface area contributed by atoms with Crippen LogP contribution < -0.4 is 10.2 Å². The number of likely N-dealkylation sites (tertiary alicyclic amines) is 2. The molecule has 4 aromatic rings.